The van der Waals surface area contributed by atoms with Crippen molar-refractivity contribution >= 4 is 28.3 Å². The minimum atomic E-state index is -1.31. The van der Waals surface area contributed by atoms with Gasteiger partial charge in [0.15, 0.2) is 5.76 Å². The van der Waals surface area contributed by atoms with Gasteiger partial charge in [0, 0.05) is 22.0 Å². The number of hydrogen-bond acceptors (Lipinski definition) is 4. The second-order valence-corrected chi connectivity index (χ2v) is 7.60. The van der Waals surface area contributed by atoms with Gasteiger partial charge >= 0.3 is 0 Å². The van der Waals surface area contributed by atoms with Crippen LogP contribution in [0.3, 0.4) is 0 Å². The first kappa shape index (κ1) is 19.2. The predicted molar refractivity (Wildman–Crippen MR) is 104 cm³/mol. The minimum Gasteiger partial charge on any atom is -0.496 e. The number of halogens is 1. The second-order valence-electron chi connectivity index (χ2n) is 5.71. The van der Waals surface area contributed by atoms with Gasteiger partial charge in [0.2, 0.25) is 0 Å². The number of carbonyl (C=O) groups excluding carboxylic acids is 1. The Morgan fingerprint density at radius 3 is 2.74 bits per heavy atom. The number of furan rings is 1. The smallest absolute Gasteiger partial charge is 0.287 e. The zero-order valence-corrected chi connectivity index (χ0v) is 16.2. The Balaban J connectivity index is 1.61. The highest BCUT2D eigenvalue weighted by Crippen LogP contribution is 2.19. The Labute approximate surface area is 164 Å². The number of rotatable bonds is 7. The van der Waals surface area contributed by atoms with Gasteiger partial charge in [-0.3, -0.25) is 9.00 Å². The summed E-state index contributed by atoms with van der Waals surface area (Å²) in [5, 5.41) is 3.31. The molecule has 3 aromatic rings. The van der Waals surface area contributed by atoms with E-state index in [1.54, 1.807) is 43.5 Å². The lowest BCUT2D eigenvalue weighted by Gasteiger charge is -2.08. The Morgan fingerprint density at radius 1 is 1.15 bits per heavy atom. The van der Waals surface area contributed by atoms with Crippen LogP contribution in [0.2, 0.25) is 5.02 Å². The van der Waals surface area contributed by atoms with E-state index in [1.165, 1.54) is 0 Å². The van der Waals surface area contributed by atoms with Crippen molar-refractivity contribution in [3.05, 3.63) is 82.8 Å². The molecule has 0 radical (unpaired) electrons. The Morgan fingerprint density at radius 2 is 1.96 bits per heavy atom. The first-order chi connectivity index (χ1) is 13.1. The lowest BCUT2D eigenvalue weighted by atomic mass is 10.2. The van der Waals surface area contributed by atoms with Crippen molar-refractivity contribution in [2.45, 2.75) is 17.2 Å². The van der Waals surface area contributed by atoms with Crippen LogP contribution in [0, 0.1) is 0 Å². The SMILES string of the molecule is COc1ccccc1CNC(=O)c1ccc(C[S@](=O)c2cccc(Cl)c2)o1. The fourth-order valence-corrected chi connectivity index (χ4v) is 3.83. The molecule has 1 atom stereocenters. The molecule has 1 amide bonds. The van der Waals surface area contributed by atoms with E-state index in [1.807, 2.05) is 24.3 Å². The maximum absolute atomic E-state index is 12.4. The van der Waals surface area contributed by atoms with Crippen molar-refractivity contribution in [2.24, 2.45) is 0 Å². The number of hydrogen-bond donors (Lipinski definition) is 1. The third-order valence-corrected chi connectivity index (χ3v) is 5.41. The summed E-state index contributed by atoms with van der Waals surface area (Å²) in [4.78, 5) is 12.9. The third kappa shape index (κ3) is 4.99. The fraction of sp³-hybridized carbons (Fsp3) is 0.150. The summed E-state index contributed by atoms with van der Waals surface area (Å²) >= 11 is 5.92. The number of ether oxygens (including phenoxy) is 1. The van der Waals surface area contributed by atoms with Gasteiger partial charge in [-0.1, -0.05) is 35.9 Å². The largest absolute Gasteiger partial charge is 0.496 e. The molecule has 1 heterocycles. The molecule has 27 heavy (non-hydrogen) atoms. The number of para-hydroxylation sites is 1. The fourth-order valence-electron chi connectivity index (χ4n) is 2.51. The molecule has 0 saturated heterocycles. The highest BCUT2D eigenvalue weighted by atomic mass is 35.5. The molecule has 0 bridgehead atoms. The summed E-state index contributed by atoms with van der Waals surface area (Å²) in [6, 6.07) is 17.5. The van der Waals surface area contributed by atoms with Gasteiger partial charge in [0.05, 0.1) is 23.7 Å². The van der Waals surface area contributed by atoms with Crippen molar-refractivity contribution < 1.29 is 18.2 Å². The van der Waals surface area contributed by atoms with Gasteiger partial charge in [0.1, 0.15) is 11.5 Å². The Hall–Kier alpha value is -2.57. The van der Waals surface area contributed by atoms with Crippen molar-refractivity contribution in [1.82, 2.24) is 5.32 Å². The van der Waals surface area contributed by atoms with Crippen LogP contribution in [-0.4, -0.2) is 17.2 Å². The third-order valence-electron chi connectivity index (χ3n) is 3.85. The maximum atomic E-state index is 12.4. The van der Waals surface area contributed by atoms with E-state index in [2.05, 4.69) is 5.32 Å². The quantitative estimate of drug-likeness (QED) is 0.642. The topological polar surface area (TPSA) is 68.5 Å². The summed E-state index contributed by atoms with van der Waals surface area (Å²) in [6.45, 7) is 0.313. The molecule has 3 rings (SSSR count). The monoisotopic (exact) mass is 403 g/mol. The van der Waals surface area contributed by atoms with Crippen LogP contribution in [0.1, 0.15) is 21.9 Å². The molecule has 7 heteroatoms. The maximum Gasteiger partial charge on any atom is 0.287 e. The van der Waals surface area contributed by atoms with E-state index >= 15 is 0 Å². The summed E-state index contributed by atoms with van der Waals surface area (Å²) in [6.07, 6.45) is 0. The summed E-state index contributed by atoms with van der Waals surface area (Å²) < 4.78 is 23.2. The van der Waals surface area contributed by atoms with Crippen LogP contribution in [0.15, 0.2) is 70.0 Å². The molecule has 2 aromatic carbocycles. The molecular weight excluding hydrogens is 386 g/mol. The summed E-state index contributed by atoms with van der Waals surface area (Å²) in [7, 11) is 0.274. The molecule has 0 spiro atoms. The average Bonchev–Trinajstić information content (AvgIpc) is 3.15. The van der Waals surface area contributed by atoms with E-state index < -0.39 is 10.8 Å². The summed E-state index contributed by atoms with van der Waals surface area (Å²) in [5.74, 6) is 1.16. The Bertz CT molecular complexity index is 970. The zero-order valence-electron chi connectivity index (χ0n) is 14.6. The van der Waals surface area contributed by atoms with Crippen molar-refractivity contribution in [3.8, 4) is 5.75 Å². The molecule has 0 saturated carbocycles. The van der Waals surface area contributed by atoms with Gasteiger partial charge in [-0.05, 0) is 36.4 Å². The second kappa shape index (κ2) is 8.88. The molecule has 1 N–H and O–H groups in total. The van der Waals surface area contributed by atoms with Crippen LogP contribution in [0.4, 0.5) is 0 Å². The molecular formula is C20H18ClNO4S. The van der Waals surface area contributed by atoms with E-state index in [0.717, 1.165) is 5.56 Å². The number of methoxy groups -OCH3 is 1. The van der Waals surface area contributed by atoms with Gasteiger partial charge in [-0.25, -0.2) is 0 Å². The zero-order chi connectivity index (χ0) is 19.2. The highest BCUT2D eigenvalue weighted by Gasteiger charge is 2.14. The lowest BCUT2D eigenvalue weighted by molar-refractivity contribution is 0.0921. The first-order valence-corrected chi connectivity index (χ1v) is 9.89. The van der Waals surface area contributed by atoms with Gasteiger partial charge < -0.3 is 14.5 Å². The molecule has 0 aliphatic heterocycles. The molecule has 0 fully saturated rings. The van der Waals surface area contributed by atoms with E-state index in [-0.39, 0.29) is 17.4 Å². The van der Waals surface area contributed by atoms with Crippen molar-refractivity contribution in [2.75, 3.05) is 7.11 Å². The van der Waals surface area contributed by atoms with E-state index in [0.29, 0.717) is 28.0 Å². The van der Waals surface area contributed by atoms with Crippen molar-refractivity contribution in [1.29, 1.82) is 0 Å². The summed E-state index contributed by atoms with van der Waals surface area (Å²) in [5.41, 5.74) is 0.863. The molecule has 0 unspecified atom stereocenters. The molecule has 5 nitrogen and oxygen atoms in total. The van der Waals surface area contributed by atoms with Crippen LogP contribution < -0.4 is 10.1 Å². The standard InChI is InChI=1S/C20H18ClNO4S/c1-25-18-8-3-2-5-14(18)12-22-20(23)19-10-9-16(26-19)13-27(24)17-7-4-6-15(21)11-17/h2-11H,12-13H2,1H3,(H,22,23)/t27-/m0/s1. The average molecular weight is 404 g/mol. The predicted octanol–water partition coefficient (Wildman–Crippen LogP) is 4.18. The molecule has 0 aliphatic carbocycles. The number of nitrogens with one attached hydrogen (secondary N) is 1. The first-order valence-electron chi connectivity index (χ1n) is 8.19. The van der Waals surface area contributed by atoms with Gasteiger partial charge in [0.25, 0.3) is 5.91 Å². The molecule has 0 aliphatic rings. The lowest BCUT2D eigenvalue weighted by Crippen LogP contribution is -2.22. The minimum absolute atomic E-state index is 0.167. The number of benzene rings is 2. The van der Waals surface area contributed by atoms with E-state index in [4.69, 9.17) is 20.8 Å². The normalized spacial score (nSPS) is 11.8. The number of carbonyl (C=O) groups is 1. The molecule has 1 aromatic heterocycles. The van der Waals surface area contributed by atoms with Crippen LogP contribution in [0.5, 0.6) is 5.75 Å². The molecule has 140 valence electrons. The highest BCUT2D eigenvalue weighted by molar-refractivity contribution is 7.84. The van der Waals surface area contributed by atoms with Crippen molar-refractivity contribution in [3.63, 3.8) is 0 Å². The van der Waals surface area contributed by atoms with E-state index in [9.17, 15) is 9.00 Å². The van der Waals surface area contributed by atoms with Crippen LogP contribution in [0.25, 0.3) is 0 Å². The number of amides is 1. The van der Waals surface area contributed by atoms with Crippen LogP contribution in [-0.2, 0) is 23.1 Å². The Kier molecular flexibility index (Phi) is 6.32. The van der Waals surface area contributed by atoms with Gasteiger partial charge in [-0.15, -0.1) is 0 Å². The van der Waals surface area contributed by atoms with Crippen LogP contribution >= 0.6 is 11.6 Å². The van der Waals surface area contributed by atoms with Gasteiger partial charge in [-0.2, -0.15) is 0 Å².